The van der Waals surface area contributed by atoms with Crippen LogP contribution in [-0.2, 0) is 23.9 Å². The molecule has 8 heteroatoms. The topological polar surface area (TPSA) is 105 Å². The van der Waals surface area contributed by atoms with Gasteiger partial charge in [-0.15, -0.1) is 0 Å². The predicted octanol–water partition coefficient (Wildman–Crippen LogP) is 1.96. The maximum atomic E-state index is 12.4. The van der Waals surface area contributed by atoms with Crippen molar-refractivity contribution in [2.75, 3.05) is 19.6 Å². The fraction of sp³-hybridized carbons (Fsp3) is 0.850. The summed E-state index contributed by atoms with van der Waals surface area (Å²) in [5, 5.41) is 12.0. The molecule has 1 fully saturated rings. The number of carboxylic acid groups (broad SMARTS) is 1. The third kappa shape index (κ3) is 10.0. The molecule has 0 aliphatic heterocycles. The molecule has 162 valence electrons. The van der Waals surface area contributed by atoms with Gasteiger partial charge in [0.05, 0.1) is 19.6 Å². The highest BCUT2D eigenvalue weighted by Gasteiger charge is 2.34. The van der Waals surface area contributed by atoms with E-state index in [-0.39, 0.29) is 31.7 Å². The van der Waals surface area contributed by atoms with E-state index in [1.807, 2.05) is 0 Å². The molecule has 0 unspecified atom stereocenters. The standard InChI is InChI=1S/C20H36N2O6/c1-19(2,3)27-17(25)12-22(13-18(26)28-20(4,5)6)15-10-8-7-9-14(15)21-11-16(23)24/h14-15,21H,7-13H2,1-6H3,(H,23,24)/t14-,15-/m0/s1. The first-order chi connectivity index (χ1) is 12.8. The first kappa shape index (κ1) is 24.4. The number of aliphatic carboxylic acids is 1. The summed E-state index contributed by atoms with van der Waals surface area (Å²) in [6, 6.07) is -0.261. The maximum Gasteiger partial charge on any atom is 0.320 e. The van der Waals surface area contributed by atoms with Crippen molar-refractivity contribution >= 4 is 17.9 Å². The molecule has 0 radical (unpaired) electrons. The van der Waals surface area contributed by atoms with Crippen LogP contribution in [-0.4, -0.2) is 70.8 Å². The molecule has 1 rings (SSSR count). The third-order valence-electron chi connectivity index (χ3n) is 4.22. The van der Waals surface area contributed by atoms with Crippen molar-refractivity contribution in [1.29, 1.82) is 0 Å². The van der Waals surface area contributed by atoms with E-state index in [0.717, 1.165) is 25.7 Å². The number of hydrogen-bond donors (Lipinski definition) is 2. The zero-order valence-electron chi connectivity index (χ0n) is 18.0. The zero-order chi connectivity index (χ0) is 21.5. The Bertz CT molecular complexity index is 520. The van der Waals surface area contributed by atoms with Gasteiger partial charge in [0.2, 0.25) is 0 Å². The SMILES string of the molecule is CC(C)(C)OC(=O)CN(CC(=O)OC(C)(C)C)[C@H]1CCCC[C@@H]1NCC(=O)O. The second kappa shape index (κ2) is 10.2. The molecule has 2 atom stereocenters. The van der Waals surface area contributed by atoms with Crippen LogP contribution in [0.25, 0.3) is 0 Å². The Labute approximate surface area is 167 Å². The van der Waals surface area contributed by atoms with Crippen LogP contribution in [0, 0.1) is 0 Å². The first-order valence-corrected chi connectivity index (χ1v) is 9.90. The summed E-state index contributed by atoms with van der Waals surface area (Å²) >= 11 is 0. The van der Waals surface area contributed by atoms with E-state index in [2.05, 4.69) is 5.32 Å². The van der Waals surface area contributed by atoms with Gasteiger partial charge in [0, 0.05) is 12.1 Å². The lowest BCUT2D eigenvalue weighted by atomic mass is 9.89. The van der Waals surface area contributed by atoms with Crippen LogP contribution in [0.5, 0.6) is 0 Å². The van der Waals surface area contributed by atoms with E-state index >= 15 is 0 Å². The summed E-state index contributed by atoms with van der Waals surface area (Å²) in [5.74, 6) is -1.77. The minimum Gasteiger partial charge on any atom is -0.480 e. The Hall–Kier alpha value is -1.67. The largest absolute Gasteiger partial charge is 0.480 e. The molecule has 0 heterocycles. The second-order valence-electron chi connectivity index (χ2n) is 9.31. The molecule has 8 nitrogen and oxygen atoms in total. The zero-order valence-corrected chi connectivity index (χ0v) is 18.0. The third-order valence-corrected chi connectivity index (χ3v) is 4.22. The molecular weight excluding hydrogens is 364 g/mol. The number of carbonyl (C=O) groups excluding carboxylic acids is 2. The van der Waals surface area contributed by atoms with E-state index in [0.29, 0.717) is 0 Å². The van der Waals surface area contributed by atoms with Crippen LogP contribution in [0.1, 0.15) is 67.2 Å². The molecule has 1 aliphatic rings. The van der Waals surface area contributed by atoms with Crippen LogP contribution >= 0.6 is 0 Å². The van der Waals surface area contributed by atoms with Crippen molar-refractivity contribution in [3.05, 3.63) is 0 Å². The van der Waals surface area contributed by atoms with Crippen LogP contribution in [0.2, 0.25) is 0 Å². The van der Waals surface area contributed by atoms with Gasteiger partial charge in [-0.1, -0.05) is 12.8 Å². The van der Waals surface area contributed by atoms with Gasteiger partial charge in [-0.2, -0.15) is 0 Å². The average Bonchev–Trinajstić information content (AvgIpc) is 2.48. The lowest BCUT2D eigenvalue weighted by Crippen LogP contribution is -2.55. The van der Waals surface area contributed by atoms with Gasteiger partial charge in [-0.25, -0.2) is 0 Å². The van der Waals surface area contributed by atoms with Crippen LogP contribution < -0.4 is 5.32 Å². The predicted molar refractivity (Wildman–Crippen MR) is 105 cm³/mol. The highest BCUT2D eigenvalue weighted by atomic mass is 16.6. The van der Waals surface area contributed by atoms with Crippen LogP contribution in [0.3, 0.4) is 0 Å². The summed E-state index contributed by atoms with van der Waals surface area (Å²) in [4.78, 5) is 37.6. The van der Waals surface area contributed by atoms with Crippen molar-refractivity contribution in [3.8, 4) is 0 Å². The summed E-state index contributed by atoms with van der Waals surface area (Å²) < 4.78 is 10.9. The molecule has 28 heavy (non-hydrogen) atoms. The number of nitrogens with one attached hydrogen (secondary N) is 1. The fourth-order valence-electron chi connectivity index (χ4n) is 3.37. The quantitative estimate of drug-likeness (QED) is 0.596. The molecule has 2 N–H and O–H groups in total. The Morgan fingerprint density at radius 2 is 1.39 bits per heavy atom. The highest BCUT2D eigenvalue weighted by molar-refractivity contribution is 5.75. The van der Waals surface area contributed by atoms with Crippen molar-refractivity contribution in [1.82, 2.24) is 10.2 Å². The molecule has 0 saturated heterocycles. The Balaban J connectivity index is 2.93. The lowest BCUT2D eigenvalue weighted by molar-refractivity contribution is -0.161. The maximum absolute atomic E-state index is 12.4. The lowest BCUT2D eigenvalue weighted by Gasteiger charge is -2.40. The van der Waals surface area contributed by atoms with Gasteiger partial charge in [0.15, 0.2) is 0 Å². The molecule has 0 aromatic carbocycles. The Morgan fingerprint density at radius 1 is 0.929 bits per heavy atom. The second-order valence-corrected chi connectivity index (χ2v) is 9.31. The minimum atomic E-state index is -0.935. The number of esters is 2. The van der Waals surface area contributed by atoms with E-state index < -0.39 is 29.1 Å². The molecule has 0 spiro atoms. The number of carbonyl (C=O) groups is 3. The number of rotatable bonds is 8. The van der Waals surface area contributed by atoms with Gasteiger partial charge in [-0.05, 0) is 54.4 Å². The van der Waals surface area contributed by atoms with Gasteiger partial charge < -0.3 is 19.9 Å². The van der Waals surface area contributed by atoms with Crippen molar-refractivity contribution < 1.29 is 29.0 Å². The number of hydrogen-bond acceptors (Lipinski definition) is 7. The van der Waals surface area contributed by atoms with Gasteiger partial charge in [-0.3, -0.25) is 19.3 Å². The molecule has 0 aromatic heterocycles. The summed E-state index contributed by atoms with van der Waals surface area (Å²) in [7, 11) is 0. The van der Waals surface area contributed by atoms with Crippen LogP contribution in [0.4, 0.5) is 0 Å². The van der Waals surface area contributed by atoms with Crippen LogP contribution in [0.15, 0.2) is 0 Å². The molecular formula is C20H36N2O6. The van der Waals surface area contributed by atoms with Crippen molar-refractivity contribution in [2.45, 2.75) is 90.5 Å². The monoisotopic (exact) mass is 400 g/mol. The average molecular weight is 401 g/mol. The summed E-state index contributed by atoms with van der Waals surface area (Å²) in [6.45, 7) is 10.5. The number of ether oxygens (including phenoxy) is 2. The molecule has 0 bridgehead atoms. The highest BCUT2D eigenvalue weighted by Crippen LogP contribution is 2.24. The van der Waals surface area contributed by atoms with Gasteiger partial charge in [0.25, 0.3) is 0 Å². The molecule has 0 aromatic rings. The Morgan fingerprint density at radius 3 is 1.82 bits per heavy atom. The number of carboxylic acids is 1. The van der Waals surface area contributed by atoms with Gasteiger partial charge >= 0.3 is 17.9 Å². The van der Waals surface area contributed by atoms with E-state index in [4.69, 9.17) is 14.6 Å². The minimum absolute atomic E-state index is 0.0492. The first-order valence-electron chi connectivity index (χ1n) is 9.90. The molecule has 1 aliphatic carbocycles. The summed E-state index contributed by atoms with van der Waals surface area (Å²) in [6.07, 6.45) is 3.48. The summed E-state index contributed by atoms with van der Waals surface area (Å²) in [5.41, 5.74) is -1.25. The Kier molecular flexibility index (Phi) is 8.88. The molecule has 1 saturated carbocycles. The molecule has 0 amide bonds. The van der Waals surface area contributed by atoms with Crippen molar-refractivity contribution in [2.24, 2.45) is 0 Å². The number of nitrogens with zero attached hydrogens (tertiary/aromatic N) is 1. The normalized spacial score (nSPS) is 20.7. The van der Waals surface area contributed by atoms with E-state index in [9.17, 15) is 14.4 Å². The smallest absolute Gasteiger partial charge is 0.320 e. The fourth-order valence-corrected chi connectivity index (χ4v) is 3.37. The van der Waals surface area contributed by atoms with Gasteiger partial charge in [0.1, 0.15) is 11.2 Å². The van der Waals surface area contributed by atoms with E-state index in [1.54, 1.807) is 46.4 Å². The van der Waals surface area contributed by atoms with E-state index in [1.165, 1.54) is 0 Å². The van der Waals surface area contributed by atoms with Crippen molar-refractivity contribution in [3.63, 3.8) is 0 Å².